The first-order chi connectivity index (χ1) is 36.5. The number of hydrogen-bond acceptors (Lipinski definition) is 2. The van der Waals surface area contributed by atoms with Gasteiger partial charge in [-0.1, -0.05) is 203 Å². The molecule has 0 amide bonds. The highest BCUT2D eigenvalue weighted by Crippen LogP contribution is 2.54. The molecule has 4 aromatic heterocycles. The van der Waals surface area contributed by atoms with Crippen molar-refractivity contribution >= 4 is 66.3 Å². The first kappa shape index (κ1) is 50.5. The minimum Gasteiger partial charge on any atom is -0.340 e. The third-order valence-electron chi connectivity index (χ3n) is 16.9. The van der Waals surface area contributed by atoms with Crippen molar-refractivity contribution in [3.05, 3.63) is 157 Å². The van der Waals surface area contributed by atoms with Crippen LogP contribution in [0.2, 0.25) is 0 Å². The van der Waals surface area contributed by atoms with Gasteiger partial charge in [-0.05, 0) is 137 Å². The maximum Gasteiger partial charge on any atom is 0.0491 e. The number of thiophene rings is 2. The molecule has 0 bridgehead atoms. The minimum absolute atomic E-state index is 0.0644. The van der Waals surface area contributed by atoms with Crippen molar-refractivity contribution in [3.8, 4) is 52.9 Å². The van der Waals surface area contributed by atoms with Crippen molar-refractivity contribution in [2.24, 2.45) is 0 Å². The summed E-state index contributed by atoms with van der Waals surface area (Å²) in [6, 6.07) is 56.9. The summed E-state index contributed by atoms with van der Waals surface area (Å²) < 4.78 is 5.16. The van der Waals surface area contributed by atoms with E-state index in [1.165, 1.54) is 223 Å². The highest BCUT2D eigenvalue weighted by molar-refractivity contribution is 7.19. The smallest absolute Gasteiger partial charge is 0.0491 e. The van der Waals surface area contributed by atoms with Gasteiger partial charge in [-0.2, -0.15) is 0 Å². The Morgan fingerprint density at radius 1 is 0.338 bits per heavy atom. The molecule has 6 aromatic carbocycles. The van der Waals surface area contributed by atoms with Gasteiger partial charge >= 0.3 is 0 Å². The van der Waals surface area contributed by atoms with Gasteiger partial charge in [-0.25, -0.2) is 0 Å². The molecule has 0 aliphatic heterocycles. The number of nitrogens with zero attached hydrogens (tertiary/aromatic N) is 2. The maximum absolute atomic E-state index is 2.58. The quantitative estimate of drug-likeness (QED) is 0.0505. The van der Waals surface area contributed by atoms with Crippen molar-refractivity contribution < 1.29 is 0 Å². The number of benzene rings is 6. The van der Waals surface area contributed by atoms with E-state index in [9.17, 15) is 0 Å². The van der Waals surface area contributed by atoms with Gasteiger partial charge in [-0.3, -0.25) is 0 Å². The molecule has 10 aromatic rings. The van der Waals surface area contributed by atoms with Crippen LogP contribution in [0.15, 0.2) is 146 Å². The molecule has 4 heteroatoms. The average molecular weight is 1010 g/mol. The van der Waals surface area contributed by atoms with E-state index < -0.39 is 0 Å². The summed E-state index contributed by atoms with van der Waals surface area (Å²) >= 11 is 3.89. The second kappa shape index (κ2) is 23.1. The lowest BCUT2D eigenvalue weighted by Crippen LogP contribution is -2.20. The van der Waals surface area contributed by atoms with Crippen molar-refractivity contribution in [2.45, 2.75) is 168 Å². The van der Waals surface area contributed by atoms with Crippen molar-refractivity contribution in [2.75, 3.05) is 0 Å². The first-order valence-electron chi connectivity index (χ1n) is 29.0. The van der Waals surface area contributed by atoms with Crippen LogP contribution in [0.25, 0.3) is 96.5 Å². The Morgan fingerprint density at radius 2 is 0.689 bits per heavy atom. The molecule has 11 rings (SSSR count). The Balaban J connectivity index is 0.866. The fourth-order valence-corrected chi connectivity index (χ4v) is 14.7. The van der Waals surface area contributed by atoms with Crippen LogP contribution in [0.4, 0.5) is 0 Å². The molecule has 0 saturated carbocycles. The van der Waals surface area contributed by atoms with Crippen molar-refractivity contribution in [1.29, 1.82) is 0 Å². The lowest BCUT2D eigenvalue weighted by atomic mass is 9.75. The van der Waals surface area contributed by atoms with Gasteiger partial charge in [-0.15, -0.1) is 22.7 Å². The summed E-state index contributed by atoms with van der Waals surface area (Å²) in [7, 11) is 0. The van der Waals surface area contributed by atoms with Crippen LogP contribution in [0.1, 0.15) is 161 Å². The molecule has 74 heavy (non-hydrogen) atoms. The number of unbranched alkanes of at least 4 members (excludes halogenated alkanes) is 15. The van der Waals surface area contributed by atoms with E-state index in [4.69, 9.17) is 0 Å². The summed E-state index contributed by atoms with van der Waals surface area (Å²) in [6.07, 6.45) is 24.8. The van der Waals surface area contributed by atoms with E-state index in [1.54, 1.807) is 0 Å². The molecule has 2 nitrogen and oxygen atoms in total. The summed E-state index contributed by atoms with van der Waals surface area (Å²) in [5.41, 5.74) is 16.5. The first-order valence-corrected chi connectivity index (χ1v) is 30.6. The van der Waals surface area contributed by atoms with Gasteiger partial charge in [0.05, 0.1) is 0 Å². The monoisotopic (exact) mass is 1010 g/mol. The van der Waals surface area contributed by atoms with Crippen LogP contribution in [0, 0.1) is 0 Å². The molecule has 1 aliphatic rings. The summed E-state index contributed by atoms with van der Waals surface area (Å²) in [5.74, 6) is 0. The van der Waals surface area contributed by atoms with Crippen LogP contribution >= 0.6 is 22.7 Å². The molecule has 0 radical (unpaired) electrons. The number of aryl methyl sites for hydroxylation is 2. The topological polar surface area (TPSA) is 9.86 Å². The zero-order chi connectivity index (χ0) is 50.4. The molecule has 0 spiro atoms. The molecule has 0 N–H and O–H groups in total. The second-order valence-electron chi connectivity index (χ2n) is 22.0. The van der Waals surface area contributed by atoms with Gasteiger partial charge in [0, 0.05) is 81.6 Å². The average Bonchev–Trinajstić information content (AvgIpc) is 4.29. The standard InChI is InChI=1S/C70H78N2S2/c1-5-8-11-14-17-24-43-70(4)60-48-52(68-41-39-66(73-68)50-33-37-64-58(46-50)56-27-20-22-29-62(56)71(64)44-25-18-15-12-9-6-2)31-35-54(60)55-36-32-53(49-61(55)70)69-42-40-67(74-69)51-34-38-65-59(47-51)57-28-21-23-30-63(57)72(65)45-26-19-16-13-10-7-3/h20-23,27-42,46-49H,5-19,24-26,43-45H2,1-4H3. The molecular formula is C70H78N2S2. The third-order valence-corrected chi connectivity index (χ3v) is 19.3. The van der Waals surface area contributed by atoms with E-state index >= 15 is 0 Å². The van der Waals surface area contributed by atoms with E-state index in [-0.39, 0.29) is 5.41 Å². The van der Waals surface area contributed by atoms with Crippen molar-refractivity contribution in [3.63, 3.8) is 0 Å². The molecular weight excluding hydrogens is 933 g/mol. The Morgan fingerprint density at radius 3 is 1.12 bits per heavy atom. The molecule has 0 fully saturated rings. The van der Waals surface area contributed by atoms with E-state index in [0.717, 1.165) is 19.5 Å². The van der Waals surface area contributed by atoms with E-state index in [2.05, 4.69) is 182 Å². The Hall–Kier alpha value is -5.68. The molecule has 380 valence electrons. The van der Waals surface area contributed by atoms with Crippen LogP contribution in [0.5, 0.6) is 0 Å². The van der Waals surface area contributed by atoms with Gasteiger partial charge in [0.1, 0.15) is 0 Å². The summed E-state index contributed by atoms with van der Waals surface area (Å²) in [4.78, 5) is 5.36. The number of aromatic nitrogens is 2. The SMILES string of the molecule is CCCCCCCCn1c2ccccc2c2cc(-c3ccc(-c4ccc5c(c4)C(C)(CCCCCCCC)c4cc(-c6ccc(-c7ccc8c(c7)c7ccccc7n8CCCCCCCC)s6)ccc4-5)s3)ccc21. The number of fused-ring (bicyclic) bond motifs is 9. The second-order valence-corrected chi connectivity index (χ2v) is 24.2. The molecule has 1 aliphatic carbocycles. The largest absolute Gasteiger partial charge is 0.340 e. The summed E-state index contributed by atoms with van der Waals surface area (Å²) in [5, 5.41) is 5.48. The van der Waals surface area contributed by atoms with E-state index in [0.29, 0.717) is 0 Å². The zero-order valence-electron chi connectivity index (χ0n) is 44.9. The fourth-order valence-electron chi connectivity index (χ4n) is 12.7. The molecule has 0 saturated heterocycles. The lowest BCUT2D eigenvalue weighted by molar-refractivity contribution is 0.481. The highest BCUT2D eigenvalue weighted by Gasteiger charge is 2.39. The van der Waals surface area contributed by atoms with Crippen LogP contribution in [0.3, 0.4) is 0 Å². The van der Waals surface area contributed by atoms with Crippen molar-refractivity contribution in [1.82, 2.24) is 9.13 Å². The predicted molar refractivity (Wildman–Crippen MR) is 327 cm³/mol. The minimum atomic E-state index is -0.0644. The van der Waals surface area contributed by atoms with E-state index in [1.807, 2.05) is 22.7 Å². The van der Waals surface area contributed by atoms with Gasteiger partial charge < -0.3 is 9.13 Å². The van der Waals surface area contributed by atoms with Crippen LogP contribution in [-0.4, -0.2) is 9.13 Å². The normalized spacial score (nSPS) is 13.0. The van der Waals surface area contributed by atoms with Crippen LogP contribution < -0.4 is 0 Å². The summed E-state index contributed by atoms with van der Waals surface area (Å²) in [6.45, 7) is 11.7. The van der Waals surface area contributed by atoms with Gasteiger partial charge in [0.25, 0.3) is 0 Å². The maximum atomic E-state index is 2.58. The molecule has 0 atom stereocenters. The van der Waals surface area contributed by atoms with Gasteiger partial charge in [0.2, 0.25) is 0 Å². The number of rotatable bonds is 25. The molecule has 0 unspecified atom stereocenters. The predicted octanol–water partition coefficient (Wildman–Crippen LogP) is 22.5. The Bertz CT molecular complexity index is 3290. The Kier molecular flexibility index (Phi) is 15.7. The zero-order valence-corrected chi connectivity index (χ0v) is 46.5. The number of hydrogen-bond donors (Lipinski definition) is 0. The third kappa shape index (κ3) is 10.1. The molecule has 4 heterocycles. The highest BCUT2D eigenvalue weighted by atomic mass is 32.1. The lowest BCUT2D eigenvalue weighted by Gasteiger charge is -2.28. The Labute approximate surface area is 450 Å². The van der Waals surface area contributed by atoms with Gasteiger partial charge in [0.15, 0.2) is 0 Å². The van der Waals surface area contributed by atoms with Crippen LogP contribution in [-0.2, 0) is 18.5 Å². The fraction of sp³-hybridized carbons (Fsp3) is 0.371. The number of para-hydroxylation sites is 2.